The van der Waals surface area contributed by atoms with Crippen molar-refractivity contribution in [3.63, 3.8) is 0 Å². The highest BCUT2D eigenvalue weighted by molar-refractivity contribution is 7.99. The van der Waals surface area contributed by atoms with Gasteiger partial charge in [0.05, 0.1) is 34.3 Å². The molecular weight excluding hydrogens is 396 g/mol. The fourth-order valence-electron chi connectivity index (χ4n) is 3.48. The Bertz CT molecular complexity index is 1180. The number of aryl methyl sites for hydroxylation is 2. The number of amides is 2. The second-order valence-corrected chi connectivity index (χ2v) is 8.29. The van der Waals surface area contributed by atoms with E-state index < -0.39 is 6.04 Å². The van der Waals surface area contributed by atoms with E-state index in [1.807, 2.05) is 44.2 Å². The molecular formula is C23H20N4O2S. The van der Waals surface area contributed by atoms with E-state index >= 15 is 0 Å². The molecule has 7 heteroatoms. The van der Waals surface area contributed by atoms with Crippen LogP contribution >= 0.6 is 11.8 Å². The molecule has 30 heavy (non-hydrogen) atoms. The number of nitriles is 1. The second-order valence-electron chi connectivity index (χ2n) is 7.29. The smallest absolute Gasteiger partial charge is 0.257 e. The predicted octanol–water partition coefficient (Wildman–Crippen LogP) is 3.88. The third kappa shape index (κ3) is 3.87. The molecule has 1 atom stereocenters. The van der Waals surface area contributed by atoms with Gasteiger partial charge < -0.3 is 10.2 Å². The van der Waals surface area contributed by atoms with Gasteiger partial charge in [0.1, 0.15) is 6.04 Å². The molecule has 0 aliphatic carbocycles. The van der Waals surface area contributed by atoms with Crippen molar-refractivity contribution in [3.8, 4) is 6.07 Å². The summed E-state index contributed by atoms with van der Waals surface area (Å²) in [5.41, 5.74) is 4.24. The summed E-state index contributed by atoms with van der Waals surface area (Å²) in [5.74, 6) is 0.566. The van der Waals surface area contributed by atoms with Crippen molar-refractivity contribution in [2.24, 2.45) is 0 Å². The first-order valence-electron chi connectivity index (χ1n) is 9.54. The molecule has 2 heterocycles. The van der Waals surface area contributed by atoms with Crippen LogP contribution in [-0.2, 0) is 4.79 Å². The van der Waals surface area contributed by atoms with Crippen molar-refractivity contribution < 1.29 is 9.59 Å². The number of nitrogens with zero attached hydrogens (tertiary/aromatic N) is 3. The summed E-state index contributed by atoms with van der Waals surface area (Å²) in [6.45, 7) is 3.82. The highest BCUT2D eigenvalue weighted by Gasteiger charge is 2.36. The lowest BCUT2D eigenvalue weighted by Gasteiger charge is -2.24. The van der Waals surface area contributed by atoms with Gasteiger partial charge in [-0.3, -0.25) is 14.6 Å². The molecule has 1 aliphatic rings. The van der Waals surface area contributed by atoms with Crippen LogP contribution in [0.15, 0.2) is 48.5 Å². The number of pyridine rings is 1. The molecule has 1 N–H and O–H groups in total. The first-order chi connectivity index (χ1) is 14.5. The number of carbonyl (C=O) groups is 2. The van der Waals surface area contributed by atoms with Crippen molar-refractivity contribution >= 4 is 40.2 Å². The quantitative estimate of drug-likeness (QED) is 0.700. The molecule has 1 saturated heterocycles. The van der Waals surface area contributed by atoms with E-state index in [2.05, 4.69) is 10.3 Å². The Morgan fingerprint density at radius 3 is 2.67 bits per heavy atom. The van der Waals surface area contributed by atoms with Crippen molar-refractivity contribution in [2.45, 2.75) is 19.9 Å². The van der Waals surface area contributed by atoms with Gasteiger partial charge in [-0.25, -0.2) is 0 Å². The molecule has 0 saturated carbocycles. The maximum atomic E-state index is 13.3. The van der Waals surface area contributed by atoms with Crippen LogP contribution in [0.25, 0.3) is 10.9 Å². The molecule has 0 spiro atoms. The van der Waals surface area contributed by atoms with Gasteiger partial charge in [-0.2, -0.15) is 5.26 Å². The van der Waals surface area contributed by atoms with Gasteiger partial charge >= 0.3 is 0 Å². The van der Waals surface area contributed by atoms with Crippen molar-refractivity contribution in [3.05, 3.63) is 70.9 Å². The molecule has 1 aliphatic heterocycles. The van der Waals surface area contributed by atoms with Crippen LogP contribution < -0.4 is 5.32 Å². The van der Waals surface area contributed by atoms with E-state index in [4.69, 9.17) is 5.26 Å². The zero-order valence-corrected chi connectivity index (χ0v) is 17.5. The number of hydrogen-bond donors (Lipinski definition) is 1. The fourth-order valence-corrected chi connectivity index (χ4v) is 4.63. The number of benzene rings is 2. The minimum absolute atomic E-state index is 0.187. The van der Waals surface area contributed by atoms with Crippen LogP contribution in [0.3, 0.4) is 0 Å². The zero-order valence-electron chi connectivity index (χ0n) is 16.7. The highest BCUT2D eigenvalue weighted by atomic mass is 32.2. The summed E-state index contributed by atoms with van der Waals surface area (Å²) in [5, 5.41) is 12.7. The van der Waals surface area contributed by atoms with Crippen LogP contribution in [0.5, 0.6) is 0 Å². The average molecular weight is 417 g/mol. The van der Waals surface area contributed by atoms with E-state index in [0.29, 0.717) is 34.1 Å². The van der Waals surface area contributed by atoms with Crippen molar-refractivity contribution in [2.75, 3.05) is 16.9 Å². The third-order valence-electron chi connectivity index (χ3n) is 5.12. The van der Waals surface area contributed by atoms with Crippen LogP contribution in [0, 0.1) is 25.2 Å². The summed E-state index contributed by atoms with van der Waals surface area (Å²) in [6.07, 6.45) is 0. The molecule has 0 bridgehead atoms. The maximum Gasteiger partial charge on any atom is 0.257 e. The first-order valence-corrected chi connectivity index (χ1v) is 10.7. The molecule has 6 nitrogen and oxygen atoms in total. The number of aromatic nitrogens is 1. The van der Waals surface area contributed by atoms with E-state index in [0.717, 1.165) is 16.5 Å². The maximum absolute atomic E-state index is 13.3. The van der Waals surface area contributed by atoms with Crippen molar-refractivity contribution in [1.29, 1.82) is 5.26 Å². The average Bonchev–Trinajstić information content (AvgIpc) is 3.24. The lowest BCUT2D eigenvalue weighted by Crippen LogP contribution is -2.44. The van der Waals surface area contributed by atoms with Gasteiger partial charge in [-0.15, -0.1) is 11.8 Å². The van der Waals surface area contributed by atoms with E-state index in [1.165, 1.54) is 0 Å². The minimum Gasteiger partial charge on any atom is -0.324 e. The Morgan fingerprint density at radius 1 is 1.17 bits per heavy atom. The summed E-state index contributed by atoms with van der Waals surface area (Å²) < 4.78 is 0. The molecule has 1 unspecified atom stereocenters. The van der Waals surface area contributed by atoms with E-state index in [-0.39, 0.29) is 11.8 Å². The molecule has 3 aromatic rings. The number of hydrogen-bond acceptors (Lipinski definition) is 5. The summed E-state index contributed by atoms with van der Waals surface area (Å²) in [4.78, 5) is 32.4. The van der Waals surface area contributed by atoms with Gasteiger partial charge in [0.25, 0.3) is 5.91 Å². The van der Waals surface area contributed by atoms with E-state index in [1.54, 1.807) is 40.9 Å². The number of thioether (sulfide) groups is 1. The minimum atomic E-state index is -0.564. The number of fused-ring (bicyclic) bond motifs is 1. The van der Waals surface area contributed by atoms with Gasteiger partial charge in [0.2, 0.25) is 5.91 Å². The van der Waals surface area contributed by atoms with Crippen LogP contribution in [0.2, 0.25) is 0 Å². The molecule has 4 rings (SSSR count). The monoisotopic (exact) mass is 416 g/mol. The number of rotatable bonds is 3. The molecule has 1 fully saturated rings. The Morgan fingerprint density at radius 2 is 1.93 bits per heavy atom. The highest BCUT2D eigenvalue weighted by Crippen LogP contribution is 2.27. The van der Waals surface area contributed by atoms with Gasteiger partial charge in [0, 0.05) is 16.8 Å². The largest absolute Gasteiger partial charge is 0.324 e. The van der Waals surface area contributed by atoms with Crippen LogP contribution in [0.1, 0.15) is 27.2 Å². The van der Waals surface area contributed by atoms with Crippen molar-refractivity contribution in [1.82, 2.24) is 9.88 Å². The van der Waals surface area contributed by atoms with Gasteiger partial charge in [-0.05, 0) is 56.3 Å². The molecule has 2 amide bonds. The fraction of sp³-hybridized carbons (Fsp3) is 0.217. The number of nitrogens with one attached hydrogen (secondary N) is 1. The molecule has 0 radical (unpaired) electrons. The van der Waals surface area contributed by atoms with Gasteiger partial charge in [0.15, 0.2) is 0 Å². The lowest BCUT2D eigenvalue weighted by molar-refractivity contribution is -0.119. The van der Waals surface area contributed by atoms with E-state index in [9.17, 15) is 9.59 Å². The number of anilines is 1. The Kier molecular flexibility index (Phi) is 5.42. The van der Waals surface area contributed by atoms with Crippen LogP contribution in [-0.4, -0.2) is 39.4 Å². The first kappa shape index (κ1) is 19.9. The van der Waals surface area contributed by atoms with Gasteiger partial charge in [-0.1, -0.05) is 11.6 Å². The normalized spacial score (nSPS) is 15.8. The predicted molar refractivity (Wildman–Crippen MR) is 118 cm³/mol. The Balaban J connectivity index is 1.57. The number of carbonyl (C=O) groups excluding carboxylic acids is 2. The second kappa shape index (κ2) is 8.17. The zero-order chi connectivity index (χ0) is 21.3. The van der Waals surface area contributed by atoms with Crippen LogP contribution in [0.4, 0.5) is 5.69 Å². The summed E-state index contributed by atoms with van der Waals surface area (Å²) >= 11 is 1.55. The lowest BCUT2D eigenvalue weighted by atomic mass is 10.1. The molecule has 150 valence electrons. The summed E-state index contributed by atoms with van der Waals surface area (Å²) in [7, 11) is 0. The molecule has 1 aromatic heterocycles. The standard InChI is InChI=1S/C23H20N4O2S/c1-14-3-8-20-17(9-14)10-19(15(2)25-20)23(29)27-13-30-12-21(27)22(28)26-18-6-4-16(11-24)5-7-18/h3-10,21H,12-13H2,1-2H3,(H,26,28). The SMILES string of the molecule is Cc1ccc2nc(C)c(C(=O)N3CSCC3C(=O)Nc3ccc(C#N)cc3)cc2c1. The topological polar surface area (TPSA) is 86.1 Å². The molecule has 2 aromatic carbocycles. The Hall–Kier alpha value is -3.37. The Labute approximate surface area is 178 Å². The third-order valence-corrected chi connectivity index (χ3v) is 6.13. The summed E-state index contributed by atoms with van der Waals surface area (Å²) in [6, 6.07) is 16.0.